The van der Waals surface area contributed by atoms with E-state index in [1.165, 1.54) is 10.2 Å². The van der Waals surface area contributed by atoms with Crippen LogP contribution in [0.5, 0.6) is 5.75 Å². The maximum absolute atomic E-state index is 12.6. The number of likely N-dealkylation sites (N-methyl/N-ethyl adjacent to an activating group) is 1. The summed E-state index contributed by atoms with van der Waals surface area (Å²) in [5.41, 5.74) is 1.97. The van der Waals surface area contributed by atoms with Gasteiger partial charge in [-0.2, -0.15) is 5.10 Å². The molecular formula is C20H23N3O2. The first-order valence-corrected chi connectivity index (χ1v) is 8.39. The number of aromatic nitrogens is 2. The van der Waals surface area contributed by atoms with Crippen LogP contribution in [0.4, 0.5) is 0 Å². The first-order valence-electron chi connectivity index (χ1n) is 8.39. The average Bonchev–Trinajstić information content (AvgIpc) is 2.59. The van der Waals surface area contributed by atoms with Gasteiger partial charge in [-0.05, 0) is 44.7 Å². The third-order valence-electron chi connectivity index (χ3n) is 4.16. The van der Waals surface area contributed by atoms with E-state index in [0.717, 1.165) is 16.8 Å². The maximum Gasteiger partial charge on any atom is 0.275 e. The number of nitrogens with zero attached hydrogens (tertiary/aromatic N) is 3. The SMILES string of the molecule is Cc1cccc(OCCN(C)Cn2nc(C)c3ccccc3c2=O)c1. The van der Waals surface area contributed by atoms with Crippen LogP contribution in [0, 0.1) is 13.8 Å². The lowest BCUT2D eigenvalue weighted by molar-refractivity contribution is 0.196. The second-order valence-corrected chi connectivity index (χ2v) is 6.32. The first kappa shape index (κ1) is 17.2. The van der Waals surface area contributed by atoms with Crippen molar-refractivity contribution < 1.29 is 4.74 Å². The van der Waals surface area contributed by atoms with Crippen LogP contribution in [0.2, 0.25) is 0 Å². The van der Waals surface area contributed by atoms with Crippen LogP contribution in [-0.2, 0) is 6.67 Å². The molecule has 0 aliphatic heterocycles. The molecular weight excluding hydrogens is 314 g/mol. The van der Waals surface area contributed by atoms with Gasteiger partial charge in [-0.1, -0.05) is 30.3 Å². The van der Waals surface area contributed by atoms with Crippen LogP contribution < -0.4 is 10.3 Å². The van der Waals surface area contributed by atoms with E-state index in [2.05, 4.69) is 5.10 Å². The lowest BCUT2D eigenvalue weighted by atomic mass is 10.1. The van der Waals surface area contributed by atoms with Crippen molar-refractivity contribution in [3.63, 3.8) is 0 Å². The van der Waals surface area contributed by atoms with Gasteiger partial charge in [0.2, 0.25) is 0 Å². The van der Waals surface area contributed by atoms with Crippen molar-refractivity contribution in [2.45, 2.75) is 20.5 Å². The summed E-state index contributed by atoms with van der Waals surface area (Å²) in [5.74, 6) is 0.866. The molecule has 0 fully saturated rings. The highest BCUT2D eigenvalue weighted by Crippen LogP contribution is 2.13. The molecule has 0 N–H and O–H groups in total. The van der Waals surface area contributed by atoms with E-state index in [1.54, 1.807) is 0 Å². The molecule has 0 atom stereocenters. The van der Waals surface area contributed by atoms with Crippen molar-refractivity contribution in [3.8, 4) is 5.75 Å². The zero-order valence-corrected chi connectivity index (χ0v) is 14.9. The van der Waals surface area contributed by atoms with Crippen LogP contribution >= 0.6 is 0 Å². The summed E-state index contributed by atoms with van der Waals surface area (Å²) in [6, 6.07) is 15.6. The van der Waals surface area contributed by atoms with Crippen molar-refractivity contribution >= 4 is 10.8 Å². The summed E-state index contributed by atoms with van der Waals surface area (Å²) in [7, 11) is 1.96. The van der Waals surface area contributed by atoms with E-state index >= 15 is 0 Å². The van der Waals surface area contributed by atoms with Gasteiger partial charge in [0.05, 0.1) is 17.7 Å². The summed E-state index contributed by atoms with van der Waals surface area (Å²) in [5, 5.41) is 6.06. The van der Waals surface area contributed by atoms with Crippen LogP contribution in [0.1, 0.15) is 11.3 Å². The molecule has 0 spiro atoms. The van der Waals surface area contributed by atoms with E-state index in [9.17, 15) is 4.79 Å². The second-order valence-electron chi connectivity index (χ2n) is 6.32. The van der Waals surface area contributed by atoms with Crippen molar-refractivity contribution in [1.29, 1.82) is 0 Å². The fraction of sp³-hybridized carbons (Fsp3) is 0.300. The molecule has 0 bridgehead atoms. The molecule has 5 heteroatoms. The lowest BCUT2D eigenvalue weighted by Gasteiger charge is -2.18. The molecule has 25 heavy (non-hydrogen) atoms. The van der Waals surface area contributed by atoms with E-state index in [-0.39, 0.29) is 5.56 Å². The predicted octanol–water partition coefficient (Wildman–Crippen LogP) is 2.98. The Hall–Kier alpha value is -2.66. The van der Waals surface area contributed by atoms with Gasteiger partial charge in [0.25, 0.3) is 5.56 Å². The quantitative estimate of drug-likeness (QED) is 0.694. The highest BCUT2D eigenvalue weighted by atomic mass is 16.5. The number of hydrogen-bond acceptors (Lipinski definition) is 4. The van der Waals surface area contributed by atoms with Gasteiger partial charge in [-0.3, -0.25) is 9.69 Å². The Balaban J connectivity index is 1.65. The van der Waals surface area contributed by atoms with Gasteiger partial charge in [0.1, 0.15) is 12.4 Å². The van der Waals surface area contributed by atoms with Crippen LogP contribution in [0.25, 0.3) is 10.8 Å². The number of benzene rings is 2. The highest BCUT2D eigenvalue weighted by molar-refractivity contribution is 5.83. The Morgan fingerprint density at radius 1 is 1.08 bits per heavy atom. The molecule has 1 aromatic heterocycles. The largest absolute Gasteiger partial charge is 0.492 e. The van der Waals surface area contributed by atoms with Gasteiger partial charge in [0, 0.05) is 11.9 Å². The third kappa shape index (κ3) is 4.06. The second kappa shape index (κ2) is 7.49. The Bertz CT molecular complexity index is 934. The average molecular weight is 337 g/mol. The highest BCUT2D eigenvalue weighted by Gasteiger charge is 2.09. The zero-order valence-electron chi connectivity index (χ0n) is 14.9. The summed E-state index contributed by atoms with van der Waals surface area (Å²) in [6.07, 6.45) is 0. The van der Waals surface area contributed by atoms with Gasteiger partial charge in [-0.25, -0.2) is 4.68 Å². The number of hydrogen-bond donors (Lipinski definition) is 0. The molecule has 0 saturated heterocycles. The minimum absolute atomic E-state index is 0.0624. The molecule has 0 radical (unpaired) electrons. The van der Waals surface area contributed by atoms with Crippen molar-refractivity contribution in [3.05, 3.63) is 70.1 Å². The maximum atomic E-state index is 12.6. The minimum atomic E-state index is -0.0624. The van der Waals surface area contributed by atoms with Crippen molar-refractivity contribution in [2.75, 3.05) is 20.2 Å². The first-order chi connectivity index (χ1) is 12.0. The van der Waals surface area contributed by atoms with Crippen molar-refractivity contribution in [1.82, 2.24) is 14.7 Å². The molecule has 0 aliphatic carbocycles. The van der Waals surface area contributed by atoms with Gasteiger partial charge in [0.15, 0.2) is 0 Å². The van der Waals surface area contributed by atoms with E-state index in [1.807, 2.05) is 74.3 Å². The van der Waals surface area contributed by atoms with Gasteiger partial charge >= 0.3 is 0 Å². The molecule has 0 amide bonds. The molecule has 2 aromatic carbocycles. The Labute approximate surface area is 147 Å². The lowest BCUT2D eigenvalue weighted by Crippen LogP contribution is -2.34. The normalized spacial score (nSPS) is 11.2. The smallest absolute Gasteiger partial charge is 0.275 e. The summed E-state index contributed by atoms with van der Waals surface area (Å²) in [4.78, 5) is 14.6. The molecule has 3 aromatic rings. The fourth-order valence-electron chi connectivity index (χ4n) is 2.82. The number of fused-ring (bicyclic) bond motifs is 1. The van der Waals surface area contributed by atoms with E-state index in [4.69, 9.17) is 4.74 Å². The van der Waals surface area contributed by atoms with Crippen LogP contribution in [0.15, 0.2) is 53.3 Å². The summed E-state index contributed by atoms with van der Waals surface area (Å²) >= 11 is 0. The Morgan fingerprint density at radius 2 is 1.84 bits per heavy atom. The van der Waals surface area contributed by atoms with E-state index < -0.39 is 0 Å². The Kier molecular flexibility index (Phi) is 5.14. The Morgan fingerprint density at radius 3 is 2.60 bits per heavy atom. The summed E-state index contributed by atoms with van der Waals surface area (Å²) < 4.78 is 7.29. The minimum Gasteiger partial charge on any atom is -0.492 e. The zero-order chi connectivity index (χ0) is 17.8. The van der Waals surface area contributed by atoms with E-state index in [0.29, 0.717) is 25.2 Å². The molecule has 0 unspecified atom stereocenters. The predicted molar refractivity (Wildman–Crippen MR) is 100 cm³/mol. The number of ether oxygens (including phenoxy) is 1. The van der Waals surface area contributed by atoms with Crippen LogP contribution in [-0.4, -0.2) is 34.9 Å². The van der Waals surface area contributed by atoms with Crippen molar-refractivity contribution in [2.24, 2.45) is 0 Å². The standard InChI is InChI=1S/C20H23N3O2/c1-15-7-6-8-17(13-15)25-12-11-22(3)14-23-20(24)19-10-5-4-9-18(19)16(2)21-23/h4-10,13H,11-12,14H2,1-3H3. The molecule has 3 rings (SSSR count). The third-order valence-corrected chi connectivity index (χ3v) is 4.16. The molecule has 1 heterocycles. The van der Waals surface area contributed by atoms with Gasteiger partial charge < -0.3 is 4.74 Å². The van der Waals surface area contributed by atoms with Gasteiger partial charge in [-0.15, -0.1) is 0 Å². The molecule has 0 saturated carbocycles. The number of aryl methyl sites for hydroxylation is 2. The topological polar surface area (TPSA) is 47.4 Å². The monoisotopic (exact) mass is 337 g/mol. The molecule has 130 valence electrons. The fourth-order valence-corrected chi connectivity index (χ4v) is 2.82. The number of rotatable bonds is 6. The molecule has 0 aliphatic rings. The summed E-state index contributed by atoms with van der Waals surface area (Å²) in [6.45, 7) is 5.66. The van der Waals surface area contributed by atoms with Crippen LogP contribution in [0.3, 0.4) is 0 Å². The molecule has 5 nitrogen and oxygen atoms in total.